The first-order valence-corrected chi connectivity index (χ1v) is 8.36. The number of anilines is 1. The third kappa shape index (κ3) is 3.76. The second kappa shape index (κ2) is 7.68. The van der Waals surface area contributed by atoms with Crippen LogP contribution in [0.4, 0.5) is 5.69 Å². The van der Waals surface area contributed by atoms with Gasteiger partial charge in [0.05, 0.1) is 0 Å². The maximum Gasteiger partial charge on any atom is 0.0401 e. The van der Waals surface area contributed by atoms with E-state index in [1.54, 1.807) is 0 Å². The van der Waals surface area contributed by atoms with Gasteiger partial charge in [-0.25, -0.2) is 0 Å². The molecular weight excluding hydrogens is 244 g/mol. The van der Waals surface area contributed by atoms with Gasteiger partial charge in [0.1, 0.15) is 0 Å². The first-order valence-electron chi connectivity index (χ1n) is 8.36. The SMILES string of the molecule is CCC(N)Cc1ccccc1N(CC)C1CCCCC1. The first-order chi connectivity index (χ1) is 9.76. The molecule has 2 N–H and O–H groups in total. The van der Waals surface area contributed by atoms with Crippen LogP contribution in [-0.4, -0.2) is 18.6 Å². The summed E-state index contributed by atoms with van der Waals surface area (Å²) in [7, 11) is 0. The predicted molar refractivity (Wildman–Crippen MR) is 88.3 cm³/mol. The molecule has 0 amide bonds. The average molecular weight is 274 g/mol. The Hall–Kier alpha value is -1.02. The van der Waals surface area contributed by atoms with E-state index in [2.05, 4.69) is 43.0 Å². The zero-order valence-corrected chi connectivity index (χ0v) is 13.1. The van der Waals surface area contributed by atoms with Crippen LogP contribution >= 0.6 is 0 Å². The van der Waals surface area contributed by atoms with Crippen molar-refractivity contribution in [3.63, 3.8) is 0 Å². The summed E-state index contributed by atoms with van der Waals surface area (Å²) in [6, 6.07) is 9.87. The number of nitrogens with two attached hydrogens (primary N) is 1. The fourth-order valence-electron chi connectivity index (χ4n) is 3.41. The van der Waals surface area contributed by atoms with Gasteiger partial charge in [0.15, 0.2) is 0 Å². The standard InChI is InChI=1S/C18H30N2/c1-3-16(19)14-15-10-8-9-13-18(15)20(4-2)17-11-6-5-7-12-17/h8-10,13,16-17H,3-7,11-12,14,19H2,1-2H3. The molecule has 0 saturated heterocycles. The van der Waals surface area contributed by atoms with E-state index in [1.165, 1.54) is 43.4 Å². The van der Waals surface area contributed by atoms with Crippen molar-refractivity contribution in [1.29, 1.82) is 0 Å². The van der Waals surface area contributed by atoms with Gasteiger partial charge in [-0.15, -0.1) is 0 Å². The summed E-state index contributed by atoms with van der Waals surface area (Å²) < 4.78 is 0. The van der Waals surface area contributed by atoms with E-state index in [-0.39, 0.29) is 6.04 Å². The van der Waals surface area contributed by atoms with E-state index < -0.39 is 0 Å². The lowest BCUT2D eigenvalue weighted by Crippen LogP contribution is -2.37. The summed E-state index contributed by atoms with van der Waals surface area (Å²) in [5.41, 5.74) is 9.02. The van der Waals surface area contributed by atoms with Gasteiger partial charge in [0.25, 0.3) is 0 Å². The van der Waals surface area contributed by atoms with Crippen LogP contribution in [0, 0.1) is 0 Å². The summed E-state index contributed by atoms with van der Waals surface area (Å²) in [5.74, 6) is 0. The van der Waals surface area contributed by atoms with Crippen molar-refractivity contribution in [2.24, 2.45) is 5.73 Å². The van der Waals surface area contributed by atoms with E-state index in [9.17, 15) is 0 Å². The van der Waals surface area contributed by atoms with Crippen molar-refractivity contribution in [1.82, 2.24) is 0 Å². The second-order valence-electron chi connectivity index (χ2n) is 6.08. The molecular formula is C18H30N2. The molecule has 1 atom stereocenters. The molecule has 2 rings (SSSR count). The normalized spacial score (nSPS) is 17.9. The number of hydrogen-bond donors (Lipinski definition) is 1. The van der Waals surface area contributed by atoms with Gasteiger partial charge in [-0.1, -0.05) is 44.4 Å². The van der Waals surface area contributed by atoms with Crippen LogP contribution in [0.25, 0.3) is 0 Å². The average Bonchev–Trinajstić information content (AvgIpc) is 2.50. The minimum Gasteiger partial charge on any atom is -0.369 e. The summed E-state index contributed by atoms with van der Waals surface area (Å²) in [6.07, 6.45) is 8.93. The highest BCUT2D eigenvalue weighted by atomic mass is 15.2. The summed E-state index contributed by atoms with van der Waals surface area (Å²) >= 11 is 0. The first kappa shape index (κ1) is 15.4. The lowest BCUT2D eigenvalue weighted by molar-refractivity contribution is 0.417. The van der Waals surface area contributed by atoms with Crippen molar-refractivity contribution in [3.05, 3.63) is 29.8 Å². The molecule has 2 heteroatoms. The summed E-state index contributed by atoms with van der Waals surface area (Å²) in [5, 5.41) is 0. The molecule has 0 heterocycles. The van der Waals surface area contributed by atoms with Crippen LogP contribution in [0.2, 0.25) is 0 Å². The lowest BCUT2D eigenvalue weighted by Gasteiger charge is -2.37. The Morgan fingerprint density at radius 2 is 1.85 bits per heavy atom. The molecule has 1 aliphatic carbocycles. The minimum absolute atomic E-state index is 0.279. The van der Waals surface area contributed by atoms with Gasteiger partial charge in [-0.3, -0.25) is 0 Å². The molecule has 20 heavy (non-hydrogen) atoms. The van der Waals surface area contributed by atoms with E-state index in [0.29, 0.717) is 0 Å². The maximum absolute atomic E-state index is 6.18. The van der Waals surface area contributed by atoms with Crippen molar-refractivity contribution < 1.29 is 0 Å². The van der Waals surface area contributed by atoms with Crippen LogP contribution in [0.5, 0.6) is 0 Å². The third-order valence-electron chi connectivity index (χ3n) is 4.66. The molecule has 1 aromatic rings. The monoisotopic (exact) mass is 274 g/mol. The van der Waals surface area contributed by atoms with Gasteiger partial charge in [0, 0.05) is 24.3 Å². The summed E-state index contributed by atoms with van der Waals surface area (Å²) in [4.78, 5) is 2.62. The molecule has 112 valence electrons. The number of rotatable bonds is 6. The molecule has 0 radical (unpaired) electrons. The highest BCUT2D eigenvalue weighted by Gasteiger charge is 2.22. The zero-order valence-electron chi connectivity index (χ0n) is 13.1. The molecule has 1 aliphatic rings. The fourth-order valence-corrected chi connectivity index (χ4v) is 3.41. The van der Waals surface area contributed by atoms with Gasteiger partial charge in [0.2, 0.25) is 0 Å². The second-order valence-corrected chi connectivity index (χ2v) is 6.08. The molecule has 0 aromatic heterocycles. The van der Waals surface area contributed by atoms with Crippen LogP contribution in [-0.2, 0) is 6.42 Å². The molecule has 1 saturated carbocycles. The molecule has 1 fully saturated rings. The number of nitrogens with zero attached hydrogens (tertiary/aromatic N) is 1. The van der Waals surface area contributed by atoms with Gasteiger partial charge in [-0.05, 0) is 44.2 Å². The number of hydrogen-bond acceptors (Lipinski definition) is 2. The van der Waals surface area contributed by atoms with Crippen LogP contribution in [0.1, 0.15) is 57.9 Å². The fraction of sp³-hybridized carbons (Fsp3) is 0.667. The number of para-hydroxylation sites is 1. The van der Waals surface area contributed by atoms with E-state index in [4.69, 9.17) is 5.73 Å². The Morgan fingerprint density at radius 1 is 1.15 bits per heavy atom. The zero-order chi connectivity index (χ0) is 14.4. The van der Waals surface area contributed by atoms with Gasteiger partial charge < -0.3 is 10.6 Å². The Bertz CT molecular complexity index is 396. The lowest BCUT2D eigenvalue weighted by atomic mass is 9.92. The molecule has 0 bridgehead atoms. The van der Waals surface area contributed by atoms with Crippen LogP contribution in [0.15, 0.2) is 24.3 Å². The quantitative estimate of drug-likeness (QED) is 0.845. The largest absolute Gasteiger partial charge is 0.369 e. The summed E-state index contributed by atoms with van der Waals surface area (Å²) in [6.45, 7) is 5.56. The Labute approximate surface area is 124 Å². The molecule has 1 unspecified atom stereocenters. The Kier molecular flexibility index (Phi) is 5.90. The van der Waals surface area contributed by atoms with Crippen LogP contribution < -0.4 is 10.6 Å². The van der Waals surface area contributed by atoms with Crippen molar-refractivity contribution in [3.8, 4) is 0 Å². The Morgan fingerprint density at radius 3 is 2.50 bits per heavy atom. The maximum atomic E-state index is 6.18. The van der Waals surface area contributed by atoms with Crippen LogP contribution in [0.3, 0.4) is 0 Å². The highest BCUT2D eigenvalue weighted by molar-refractivity contribution is 5.54. The smallest absolute Gasteiger partial charge is 0.0401 e. The van der Waals surface area contributed by atoms with E-state index in [0.717, 1.165) is 25.4 Å². The van der Waals surface area contributed by atoms with Crippen molar-refractivity contribution in [2.45, 2.75) is 70.9 Å². The number of benzene rings is 1. The molecule has 0 aliphatic heterocycles. The van der Waals surface area contributed by atoms with Gasteiger partial charge >= 0.3 is 0 Å². The minimum atomic E-state index is 0.279. The van der Waals surface area contributed by atoms with Gasteiger partial charge in [-0.2, -0.15) is 0 Å². The highest BCUT2D eigenvalue weighted by Crippen LogP contribution is 2.30. The van der Waals surface area contributed by atoms with Crippen molar-refractivity contribution in [2.75, 3.05) is 11.4 Å². The molecule has 0 spiro atoms. The van der Waals surface area contributed by atoms with E-state index >= 15 is 0 Å². The Balaban J connectivity index is 2.19. The topological polar surface area (TPSA) is 29.3 Å². The van der Waals surface area contributed by atoms with E-state index in [1.807, 2.05) is 0 Å². The van der Waals surface area contributed by atoms with Crippen molar-refractivity contribution >= 4 is 5.69 Å². The molecule has 2 nitrogen and oxygen atoms in total. The molecule has 1 aromatic carbocycles. The predicted octanol–water partition coefficient (Wildman–Crippen LogP) is 4.13. The third-order valence-corrected chi connectivity index (χ3v) is 4.66.